The zero-order valence-corrected chi connectivity index (χ0v) is 13.1. The molecule has 0 spiro atoms. The summed E-state index contributed by atoms with van der Waals surface area (Å²) in [7, 11) is 0. The van der Waals surface area contributed by atoms with Crippen molar-refractivity contribution < 1.29 is 9.21 Å². The van der Waals surface area contributed by atoms with Crippen molar-refractivity contribution in [1.29, 1.82) is 0 Å². The number of aromatic nitrogens is 4. The van der Waals surface area contributed by atoms with E-state index in [-0.39, 0.29) is 11.9 Å². The fraction of sp³-hybridized carbons (Fsp3) is 0.375. The zero-order chi connectivity index (χ0) is 16.4. The van der Waals surface area contributed by atoms with Gasteiger partial charge in [0.1, 0.15) is 24.2 Å². The minimum atomic E-state index is -0.242. The van der Waals surface area contributed by atoms with Gasteiger partial charge >= 0.3 is 0 Å². The van der Waals surface area contributed by atoms with Crippen LogP contribution < -0.4 is 10.2 Å². The molecule has 124 valence electrons. The lowest BCUT2D eigenvalue weighted by Gasteiger charge is -2.21. The van der Waals surface area contributed by atoms with Crippen molar-refractivity contribution in [3.05, 3.63) is 36.9 Å². The summed E-state index contributed by atoms with van der Waals surface area (Å²) in [4.78, 5) is 22.8. The second-order valence-corrected chi connectivity index (χ2v) is 5.77. The number of hydrogen-bond donors (Lipinski definition) is 1. The highest BCUT2D eigenvalue weighted by Crippen LogP contribution is 2.28. The Bertz CT molecular complexity index is 795. The minimum absolute atomic E-state index is 0.00475. The first-order valence-corrected chi connectivity index (χ1v) is 8.03. The van der Waals surface area contributed by atoms with Crippen LogP contribution in [0.4, 0.5) is 6.01 Å². The van der Waals surface area contributed by atoms with Gasteiger partial charge in [-0.05, 0) is 25.0 Å². The Morgan fingerprint density at radius 2 is 2.29 bits per heavy atom. The number of rotatable bonds is 5. The van der Waals surface area contributed by atoms with Crippen LogP contribution in [0, 0.1) is 0 Å². The number of carbonyl (C=O) groups is 1. The molecule has 24 heavy (non-hydrogen) atoms. The van der Waals surface area contributed by atoms with E-state index < -0.39 is 0 Å². The van der Waals surface area contributed by atoms with Gasteiger partial charge < -0.3 is 14.6 Å². The normalized spacial score (nSPS) is 17.5. The lowest BCUT2D eigenvalue weighted by molar-refractivity contribution is -0.122. The van der Waals surface area contributed by atoms with Crippen LogP contribution in [0.3, 0.4) is 0 Å². The van der Waals surface area contributed by atoms with Crippen LogP contribution in [0.2, 0.25) is 0 Å². The highest BCUT2D eigenvalue weighted by Gasteiger charge is 2.33. The van der Waals surface area contributed by atoms with E-state index in [1.165, 1.54) is 6.33 Å². The number of nitrogens with zero attached hydrogens (tertiary/aromatic N) is 5. The van der Waals surface area contributed by atoms with Gasteiger partial charge in [-0.25, -0.2) is 4.98 Å². The van der Waals surface area contributed by atoms with Crippen LogP contribution in [-0.4, -0.2) is 44.8 Å². The summed E-state index contributed by atoms with van der Waals surface area (Å²) in [5, 5.41) is 6.97. The molecule has 8 heteroatoms. The molecular weight excluding hydrogens is 308 g/mol. The first-order valence-electron chi connectivity index (χ1n) is 8.03. The van der Waals surface area contributed by atoms with Crippen molar-refractivity contribution in [2.45, 2.75) is 25.4 Å². The Morgan fingerprint density at radius 1 is 1.38 bits per heavy atom. The van der Waals surface area contributed by atoms with E-state index in [0.717, 1.165) is 30.5 Å². The monoisotopic (exact) mass is 326 g/mol. The van der Waals surface area contributed by atoms with Gasteiger partial charge in [0, 0.05) is 13.1 Å². The standard InChI is InChI=1S/C16H18N6O2/c23-15(18-7-9-21-11-17-10-19-21)13-5-3-8-22(13)16-20-12-4-1-2-6-14(12)24-16/h1-2,4,6,10-11,13H,3,5,7-9H2,(H,18,23). The van der Waals surface area contributed by atoms with Crippen LogP contribution in [0.25, 0.3) is 11.1 Å². The predicted molar refractivity (Wildman–Crippen MR) is 87.4 cm³/mol. The molecule has 0 radical (unpaired) electrons. The predicted octanol–water partition coefficient (Wildman–Crippen LogP) is 1.20. The molecule has 1 aliphatic rings. The summed E-state index contributed by atoms with van der Waals surface area (Å²) in [6.45, 7) is 1.88. The molecular formula is C16H18N6O2. The topological polar surface area (TPSA) is 89.1 Å². The lowest BCUT2D eigenvalue weighted by atomic mass is 10.2. The Labute approximate surface area is 138 Å². The molecule has 1 aliphatic heterocycles. The SMILES string of the molecule is O=C(NCCn1cncn1)C1CCCN1c1nc2ccccc2o1. The molecule has 1 amide bonds. The molecule has 1 unspecified atom stereocenters. The molecule has 3 aromatic rings. The van der Waals surface area contributed by atoms with Crippen molar-refractivity contribution in [2.24, 2.45) is 0 Å². The Kier molecular flexibility index (Phi) is 3.86. The van der Waals surface area contributed by atoms with Gasteiger partial charge in [-0.1, -0.05) is 12.1 Å². The average Bonchev–Trinajstić information content (AvgIpc) is 3.33. The molecule has 2 aromatic heterocycles. The van der Waals surface area contributed by atoms with Gasteiger partial charge in [0.2, 0.25) is 5.91 Å². The highest BCUT2D eigenvalue weighted by atomic mass is 16.4. The van der Waals surface area contributed by atoms with Crippen LogP contribution in [0.1, 0.15) is 12.8 Å². The van der Waals surface area contributed by atoms with E-state index >= 15 is 0 Å². The molecule has 0 saturated carbocycles. The van der Waals surface area contributed by atoms with E-state index in [1.54, 1.807) is 11.0 Å². The third kappa shape index (κ3) is 2.82. The third-order valence-corrected chi connectivity index (χ3v) is 4.19. The molecule has 3 heterocycles. The summed E-state index contributed by atoms with van der Waals surface area (Å²) in [5.41, 5.74) is 1.55. The average molecular weight is 326 g/mol. The number of hydrogen-bond acceptors (Lipinski definition) is 6. The van der Waals surface area contributed by atoms with Crippen LogP contribution in [-0.2, 0) is 11.3 Å². The maximum absolute atomic E-state index is 12.5. The quantitative estimate of drug-likeness (QED) is 0.758. The summed E-state index contributed by atoms with van der Waals surface area (Å²) in [5.74, 6) is -0.00475. The Hall–Kier alpha value is -2.90. The van der Waals surface area contributed by atoms with Gasteiger partial charge in [-0.2, -0.15) is 10.1 Å². The summed E-state index contributed by atoms with van der Waals surface area (Å²) in [6.07, 6.45) is 4.86. The summed E-state index contributed by atoms with van der Waals surface area (Å²) >= 11 is 0. The van der Waals surface area contributed by atoms with E-state index in [0.29, 0.717) is 19.1 Å². The summed E-state index contributed by atoms with van der Waals surface area (Å²) < 4.78 is 7.50. The molecule has 1 fully saturated rings. The van der Waals surface area contributed by atoms with Gasteiger partial charge in [-0.15, -0.1) is 0 Å². The Balaban J connectivity index is 1.42. The molecule has 8 nitrogen and oxygen atoms in total. The van der Waals surface area contributed by atoms with Gasteiger partial charge in [-0.3, -0.25) is 9.48 Å². The lowest BCUT2D eigenvalue weighted by Crippen LogP contribution is -2.44. The van der Waals surface area contributed by atoms with Crippen molar-refractivity contribution in [1.82, 2.24) is 25.1 Å². The molecule has 0 aliphatic carbocycles. The fourth-order valence-corrected chi connectivity index (χ4v) is 3.01. The van der Waals surface area contributed by atoms with Crippen LogP contribution in [0.15, 0.2) is 41.3 Å². The number of anilines is 1. The second-order valence-electron chi connectivity index (χ2n) is 5.77. The molecule has 1 saturated heterocycles. The van der Waals surface area contributed by atoms with Crippen LogP contribution >= 0.6 is 0 Å². The van der Waals surface area contributed by atoms with Gasteiger partial charge in [0.25, 0.3) is 6.01 Å². The number of oxazole rings is 1. The summed E-state index contributed by atoms with van der Waals surface area (Å²) in [6, 6.07) is 7.91. The zero-order valence-electron chi connectivity index (χ0n) is 13.1. The number of fused-ring (bicyclic) bond motifs is 1. The van der Waals surface area contributed by atoms with Crippen molar-refractivity contribution in [2.75, 3.05) is 18.0 Å². The van der Waals surface area contributed by atoms with Gasteiger partial charge in [0.15, 0.2) is 5.58 Å². The second kappa shape index (κ2) is 6.31. The molecule has 1 aromatic carbocycles. The fourth-order valence-electron chi connectivity index (χ4n) is 3.01. The number of para-hydroxylation sites is 2. The largest absolute Gasteiger partial charge is 0.423 e. The maximum atomic E-state index is 12.5. The number of carbonyl (C=O) groups excluding carboxylic acids is 1. The molecule has 4 rings (SSSR count). The van der Waals surface area contributed by atoms with Crippen LogP contribution in [0.5, 0.6) is 0 Å². The number of benzene rings is 1. The Morgan fingerprint density at radius 3 is 3.12 bits per heavy atom. The van der Waals surface area contributed by atoms with E-state index in [9.17, 15) is 4.79 Å². The van der Waals surface area contributed by atoms with Crippen molar-refractivity contribution in [3.63, 3.8) is 0 Å². The minimum Gasteiger partial charge on any atom is -0.423 e. The molecule has 1 N–H and O–H groups in total. The first-order chi connectivity index (χ1) is 11.8. The van der Waals surface area contributed by atoms with Crippen molar-refractivity contribution in [3.8, 4) is 0 Å². The maximum Gasteiger partial charge on any atom is 0.299 e. The third-order valence-electron chi connectivity index (χ3n) is 4.19. The van der Waals surface area contributed by atoms with E-state index in [4.69, 9.17) is 4.42 Å². The first kappa shape index (κ1) is 14.7. The van der Waals surface area contributed by atoms with E-state index in [2.05, 4.69) is 20.4 Å². The number of nitrogens with one attached hydrogen (secondary N) is 1. The highest BCUT2D eigenvalue weighted by molar-refractivity contribution is 5.85. The number of amides is 1. The molecule has 1 atom stereocenters. The van der Waals surface area contributed by atoms with E-state index in [1.807, 2.05) is 29.2 Å². The molecule has 0 bridgehead atoms. The van der Waals surface area contributed by atoms with Gasteiger partial charge in [0.05, 0.1) is 6.54 Å². The smallest absolute Gasteiger partial charge is 0.299 e. The van der Waals surface area contributed by atoms with Crippen molar-refractivity contribution >= 4 is 23.0 Å².